The molecule has 1 atom stereocenters. The summed E-state index contributed by atoms with van der Waals surface area (Å²) in [5, 5.41) is 0. The summed E-state index contributed by atoms with van der Waals surface area (Å²) in [4.78, 5) is 0. The van der Waals surface area contributed by atoms with Crippen LogP contribution in [-0.2, 0) is 4.74 Å². The summed E-state index contributed by atoms with van der Waals surface area (Å²) in [6, 6.07) is 0. The predicted molar refractivity (Wildman–Crippen MR) is 58.7 cm³/mol. The lowest BCUT2D eigenvalue weighted by molar-refractivity contribution is 0.0307. The highest BCUT2D eigenvalue weighted by Gasteiger charge is 2.06. The molecule has 0 aliphatic rings. The molecular formula is C12H25O. The molecule has 0 N–H and O–H groups in total. The van der Waals surface area contributed by atoms with Crippen molar-refractivity contribution in [3.8, 4) is 0 Å². The average molecular weight is 185 g/mol. The molecule has 1 heteroatoms. The zero-order chi connectivity index (χ0) is 10.1. The summed E-state index contributed by atoms with van der Waals surface area (Å²) in [7, 11) is 0. The van der Waals surface area contributed by atoms with Gasteiger partial charge in [-0.1, -0.05) is 47.0 Å². The molecule has 0 saturated heterocycles. The maximum Gasteiger partial charge on any atom is 0.0575 e. The Morgan fingerprint density at radius 1 is 1.23 bits per heavy atom. The van der Waals surface area contributed by atoms with Gasteiger partial charge in [0.15, 0.2) is 0 Å². The third-order valence-electron chi connectivity index (χ3n) is 2.12. The van der Waals surface area contributed by atoms with Gasteiger partial charge in [-0.15, -0.1) is 0 Å². The number of hydrogen-bond acceptors (Lipinski definition) is 1. The topological polar surface area (TPSA) is 9.23 Å². The average Bonchev–Trinajstić information content (AvgIpc) is 2.10. The Kier molecular flexibility index (Phi) is 8.53. The summed E-state index contributed by atoms with van der Waals surface area (Å²) in [6.07, 6.45) is 6.39. The van der Waals surface area contributed by atoms with E-state index in [-0.39, 0.29) is 0 Å². The summed E-state index contributed by atoms with van der Waals surface area (Å²) in [5.74, 6) is 0.639. The third-order valence-corrected chi connectivity index (χ3v) is 2.12. The molecule has 0 heterocycles. The number of unbranched alkanes of at least 4 members (excludes halogenated alkanes) is 2. The van der Waals surface area contributed by atoms with Crippen LogP contribution in [0.1, 0.15) is 52.9 Å². The van der Waals surface area contributed by atoms with Crippen LogP contribution in [0.25, 0.3) is 0 Å². The largest absolute Gasteiger partial charge is 0.378 e. The van der Waals surface area contributed by atoms with Crippen LogP contribution < -0.4 is 0 Å². The summed E-state index contributed by atoms with van der Waals surface area (Å²) >= 11 is 0. The van der Waals surface area contributed by atoms with Crippen molar-refractivity contribution in [1.29, 1.82) is 0 Å². The van der Waals surface area contributed by atoms with Crippen molar-refractivity contribution in [1.82, 2.24) is 0 Å². The maximum atomic E-state index is 5.74. The molecule has 0 rings (SSSR count). The fraction of sp³-hybridized carbons (Fsp3) is 0.917. The van der Waals surface area contributed by atoms with E-state index in [2.05, 4.69) is 27.7 Å². The van der Waals surface area contributed by atoms with Gasteiger partial charge in [-0.25, -0.2) is 0 Å². The zero-order valence-electron chi connectivity index (χ0n) is 9.51. The maximum absolute atomic E-state index is 5.74. The summed E-state index contributed by atoms with van der Waals surface area (Å²) < 4.78 is 5.74. The van der Waals surface area contributed by atoms with Crippen LogP contribution in [0.5, 0.6) is 0 Å². The fourth-order valence-corrected chi connectivity index (χ4v) is 1.26. The van der Waals surface area contributed by atoms with Crippen LogP contribution in [0.15, 0.2) is 0 Å². The molecule has 13 heavy (non-hydrogen) atoms. The van der Waals surface area contributed by atoms with Crippen LogP contribution in [0.3, 0.4) is 0 Å². The van der Waals surface area contributed by atoms with Crippen molar-refractivity contribution in [2.24, 2.45) is 5.92 Å². The molecule has 0 aromatic carbocycles. The van der Waals surface area contributed by atoms with E-state index in [9.17, 15) is 0 Å². The lowest BCUT2D eigenvalue weighted by Crippen LogP contribution is -2.15. The van der Waals surface area contributed by atoms with Gasteiger partial charge in [0.25, 0.3) is 0 Å². The van der Waals surface area contributed by atoms with Gasteiger partial charge in [0, 0.05) is 6.61 Å². The van der Waals surface area contributed by atoms with Crippen LogP contribution in [0.2, 0.25) is 0 Å². The molecule has 0 spiro atoms. The van der Waals surface area contributed by atoms with Gasteiger partial charge in [-0.05, 0) is 18.8 Å². The molecule has 1 nitrogen and oxygen atoms in total. The van der Waals surface area contributed by atoms with Crippen LogP contribution in [0, 0.1) is 12.8 Å². The quantitative estimate of drug-likeness (QED) is 0.522. The molecule has 79 valence electrons. The van der Waals surface area contributed by atoms with E-state index < -0.39 is 0 Å². The Bertz CT molecular complexity index is 99.3. The van der Waals surface area contributed by atoms with Gasteiger partial charge in [0.2, 0.25) is 0 Å². The normalized spacial score (nSPS) is 13.6. The minimum Gasteiger partial charge on any atom is -0.378 e. The van der Waals surface area contributed by atoms with Crippen molar-refractivity contribution in [3.05, 3.63) is 6.92 Å². The summed E-state index contributed by atoms with van der Waals surface area (Å²) in [5.41, 5.74) is 0. The van der Waals surface area contributed by atoms with Crippen LogP contribution in [0.4, 0.5) is 0 Å². The van der Waals surface area contributed by atoms with Gasteiger partial charge in [-0.3, -0.25) is 0 Å². The molecule has 0 aromatic heterocycles. The zero-order valence-corrected chi connectivity index (χ0v) is 9.51. The predicted octanol–water partition coefficient (Wildman–Crippen LogP) is 3.83. The van der Waals surface area contributed by atoms with Crippen LogP contribution >= 0.6 is 0 Å². The Balaban J connectivity index is 3.39. The first kappa shape index (κ1) is 13.0. The number of ether oxygens (including phenoxy) is 1. The van der Waals surface area contributed by atoms with Crippen molar-refractivity contribution in [2.75, 3.05) is 6.61 Å². The number of rotatable bonds is 8. The molecule has 1 radical (unpaired) electrons. The second-order valence-corrected chi connectivity index (χ2v) is 4.13. The molecule has 1 unspecified atom stereocenters. The van der Waals surface area contributed by atoms with Gasteiger partial charge >= 0.3 is 0 Å². The molecular weight excluding hydrogens is 160 g/mol. The first-order valence-electron chi connectivity index (χ1n) is 5.61. The number of hydrogen-bond donors (Lipinski definition) is 0. The molecule has 0 aromatic rings. The third kappa shape index (κ3) is 8.29. The van der Waals surface area contributed by atoms with Crippen LogP contribution in [-0.4, -0.2) is 12.7 Å². The molecule has 0 fully saturated rings. The minimum absolute atomic E-state index is 0.397. The van der Waals surface area contributed by atoms with E-state index in [1.165, 1.54) is 25.7 Å². The van der Waals surface area contributed by atoms with E-state index in [4.69, 9.17) is 4.74 Å². The van der Waals surface area contributed by atoms with Gasteiger partial charge in [0.1, 0.15) is 0 Å². The highest BCUT2D eigenvalue weighted by molar-refractivity contribution is 4.60. The smallest absolute Gasteiger partial charge is 0.0575 e. The molecule has 0 bridgehead atoms. The second kappa shape index (κ2) is 8.55. The highest BCUT2D eigenvalue weighted by Crippen LogP contribution is 2.10. The van der Waals surface area contributed by atoms with E-state index in [1.807, 2.05) is 0 Å². The van der Waals surface area contributed by atoms with E-state index >= 15 is 0 Å². The fourth-order valence-electron chi connectivity index (χ4n) is 1.26. The van der Waals surface area contributed by atoms with Gasteiger partial charge < -0.3 is 4.74 Å². The first-order valence-corrected chi connectivity index (χ1v) is 5.61. The van der Waals surface area contributed by atoms with Crippen molar-refractivity contribution >= 4 is 0 Å². The van der Waals surface area contributed by atoms with Crippen molar-refractivity contribution in [2.45, 2.75) is 59.0 Å². The van der Waals surface area contributed by atoms with Gasteiger partial charge in [-0.2, -0.15) is 0 Å². The van der Waals surface area contributed by atoms with E-state index in [0.717, 1.165) is 13.0 Å². The lowest BCUT2D eigenvalue weighted by atomic mass is 10.1. The second-order valence-electron chi connectivity index (χ2n) is 4.13. The standard InChI is InChI=1S/C12H25O/c1-5-7-8-9-12(6-2)13-10-11(3)4/h11-12H,2,5-10H2,1,3-4H3. The molecule has 0 aliphatic heterocycles. The van der Waals surface area contributed by atoms with E-state index in [0.29, 0.717) is 12.0 Å². The molecule has 0 saturated carbocycles. The monoisotopic (exact) mass is 185 g/mol. The minimum atomic E-state index is 0.397. The Morgan fingerprint density at radius 2 is 1.92 bits per heavy atom. The Hall–Kier alpha value is -0.0400. The summed E-state index contributed by atoms with van der Waals surface area (Å²) in [6.45, 7) is 11.4. The highest BCUT2D eigenvalue weighted by atomic mass is 16.5. The SMILES string of the molecule is [CH2]CC(CCCCC)OCC(C)C. The molecule has 0 amide bonds. The van der Waals surface area contributed by atoms with Crippen molar-refractivity contribution < 1.29 is 4.74 Å². The van der Waals surface area contributed by atoms with Crippen molar-refractivity contribution in [3.63, 3.8) is 0 Å². The van der Waals surface area contributed by atoms with Gasteiger partial charge in [0.05, 0.1) is 6.10 Å². The first-order chi connectivity index (χ1) is 6.20. The van der Waals surface area contributed by atoms with E-state index in [1.54, 1.807) is 0 Å². The molecule has 0 aliphatic carbocycles. The Morgan fingerprint density at radius 3 is 2.38 bits per heavy atom. The Labute approximate surface area is 83.9 Å². The lowest BCUT2D eigenvalue weighted by Gasteiger charge is -2.17.